The number of imide groups is 1. The molecule has 0 aromatic heterocycles. The molecule has 2 saturated heterocycles. The second-order valence-electron chi connectivity index (χ2n) is 7.42. The Bertz CT molecular complexity index is 821. The summed E-state index contributed by atoms with van der Waals surface area (Å²) in [6.45, 7) is 0.971. The first-order valence-electron chi connectivity index (χ1n) is 9.74. The second kappa shape index (κ2) is 7.61. The van der Waals surface area contributed by atoms with Crippen molar-refractivity contribution in [3.8, 4) is 5.75 Å². The maximum atomic E-state index is 13.1. The predicted octanol–water partition coefficient (Wildman–Crippen LogP) is 1.55. The number of anilines is 1. The average Bonchev–Trinajstić information content (AvgIpc) is 2.99. The topological polar surface area (TPSA) is 96.0 Å². The summed E-state index contributed by atoms with van der Waals surface area (Å²) in [6.07, 6.45) is 4.21. The van der Waals surface area contributed by atoms with Crippen LogP contribution in [-0.4, -0.2) is 59.2 Å². The monoisotopic (exact) mass is 385 g/mol. The molecule has 0 aliphatic carbocycles. The summed E-state index contributed by atoms with van der Waals surface area (Å²) >= 11 is 0. The Kier molecular flexibility index (Phi) is 5.02. The van der Waals surface area contributed by atoms with Crippen LogP contribution in [0.2, 0.25) is 0 Å². The van der Waals surface area contributed by atoms with E-state index in [0.717, 1.165) is 37.1 Å². The number of amides is 4. The van der Waals surface area contributed by atoms with Crippen molar-refractivity contribution in [3.63, 3.8) is 0 Å². The number of ether oxygens (including phenoxy) is 1. The number of nitrogens with one attached hydrogen (secondary N) is 1. The molecule has 0 unspecified atom stereocenters. The SMILES string of the molecule is O=C(CN1C(=O)CCC1=O)Nc1ccc2c(c1)C(=O)N1CCCC[C@@H]1CCO2. The zero-order valence-corrected chi connectivity index (χ0v) is 15.6. The summed E-state index contributed by atoms with van der Waals surface area (Å²) in [5, 5.41) is 2.68. The minimum absolute atomic E-state index is 0.0830. The first-order chi connectivity index (χ1) is 13.5. The van der Waals surface area contributed by atoms with E-state index in [4.69, 9.17) is 4.74 Å². The normalized spacial score (nSPS) is 22.1. The van der Waals surface area contributed by atoms with Gasteiger partial charge >= 0.3 is 0 Å². The van der Waals surface area contributed by atoms with Gasteiger partial charge in [0.05, 0.1) is 12.2 Å². The van der Waals surface area contributed by atoms with Gasteiger partial charge in [-0.15, -0.1) is 0 Å². The number of hydrogen-bond acceptors (Lipinski definition) is 5. The summed E-state index contributed by atoms with van der Waals surface area (Å²) in [5.74, 6) is -0.716. The molecule has 148 valence electrons. The molecule has 8 heteroatoms. The van der Waals surface area contributed by atoms with Crippen molar-refractivity contribution >= 4 is 29.3 Å². The van der Waals surface area contributed by atoms with Gasteiger partial charge < -0.3 is 15.0 Å². The lowest BCUT2D eigenvalue weighted by molar-refractivity contribution is -0.141. The van der Waals surface area contributed by atoms with Crippen molar-refractivity contribution in [3.05, 3.63) is 23.8 Å². The minimum atomic E-state index is -0.474. The van der Waals surface area contributed by atoms with Crippen molar-refractivity contribution in [2.75, 3.05) is 25.0 Å². The van der Waals surface area contributed by atoms with E-state index in [-0.39, 0.29) is 43.1 Å². The molecule has 0 radical (unpaired) electrons. The summed E-state index contributed by atoms with van der Waals surface area (Å²) in [6, 6.07) is 5.15. The van der Waals surface area contributed by atoms with Gasteiger partial charge in [0, 0.05) is 37.5 Å². The maximum Gasteiger partial charge on any atom is 0.257 e. The molecule has 4 rings (SSSR count). The third-order valence-electron chi connectivity index (χ3n) is 5.55. The lowest BCUT2D eigenvalue weighted by Crippen LogP contribution is -2.45. The molecule has 1 aromatic carbocycles. The van der Waals surface area contributed by atoms with Crippen LogP contribution in [0.15, 0.2) is 18.2 Å². The Balaban J connectivity index is 1.51. The average molecular weight is 385 g/mol. The number of likely N-dealkylation sites (tertiary alicyclic amines) is 1. The number of nitrogens with zero attached hydrogens (tertiary/aromatic N) is 2. The molecule has 0 spiro atoms. The van der Waals surface area contributed by atoms with Crippen molar-refractivity contribution in [2.24, 2.45) is 0 Å². The van der Waals surface area contributed by atoms with Crippen LogP contribution in [0.5, 0.6) is 5.75 Å². The zero-order valence-electron chi connectivity index (χ0n) is 15.6. The maximum absolute atomic E-state index is 13.1. The van der Waals surface area contributed by atoms with Crippen LogP contribution in [0, 0.1) is 0 Å². The molecule has 1 atom stereocenters. The Morgan fingerprint density at radius 1 is 1.11 bits per heavy atom. The molecule has 4 amide bonds. The van der Waals surface area contributed by atoms with E-state index >= 15 is 0 Å². The molecule has 0 bridgehead atoms. The number of hydrogen-bond donors (Lipinski definition) is 1. The molecular formula is C20H23N3O5. The van der Waals surface area contributed by atoms with Gasteiger partial charge in [0.15, 0.2) is 0 Å². The van der Waals surface area contributed by atoms with Crippen LogP contribution >= 0.6 is 0 Å². The minimum Gasteiger partial charge on any atom is -0.493 e. The first kappa shape index (κ1) is 18.5. The number of carbonyl (C=O) groups is 4. The lowest BCUT2D eigenvalue weighted by atomic mass is 9.97. The van der Waals surface area contributed by atoms with Gasteiger partial charge in [0.1, 0.15) is 12.3 Å². The fourth-order valence-corrected chi connectivity index (χ4v) is 4.07. The fraction of sp³-hybridized carbons (Fsp3) is 0.500. The Labute approximate surface area is 162 Å². The van der Waals surface area contributed by atoms with Crippen molar-refractivity contribution < 1.29 is 23.9 Å². The molecule has 28 heavy (non-hydrogen) atoms. The van der Waals surface area contributed by atoms with Crippen LogP contribution in [0.1, 0.15) is 48.9 Å². The summed E-state index contributed by atoms with van der Waals surface area (Å²) in [7, 11) is 0. The van der Waals surface area contributed by atoms with E-state index in [1.165, 1.54) is 0 Å². The van der Waals surface area contributed by atoms with Crippen molar-refractivity contribution in [1.82, 2.24) is 9.80 Å². The van der Waals surface area contributed by atoms with Crippen LogP contribution in [0.25, 0.3) is 0 Å². The molecule has 1 N–H and O–H groups in total. The highest BCUT2D eigenvalue weighted by Crippen LogP contribution is 2.31. The molecule has 1 aromatic rings. The van der Waals surface area contributed by atoms with Gasteiger partial charge in [-0.25, -0.2) is 0 Å². The van der Waals surface area contributed by atoms with E-state index in [9.17, 15) is 19.2 Å². The van der Waals surface area contributed by atoms with Gasteiger partial charge in [-0.1, -0.05) is 0 Å². The third kappa shape index (κ3) is 3.58. The van der Waals surface area contributed by atoms with E-state index in [0.29, 0.717) is 23.6 Å². The number of fused-ring (bicyclic) bond motifs is 2. The number of benzene rings is 1. The van der Waals surface area contributed by atoms with Gasteiger partial charge in [0.25, 0.3) is 5.91 Å². The summed E-state index contributed by atoms with van der Waals surface area (Å²) < 4.78 is 5.79. The van der Waals surface area contributed by atoms with Crippen LogP contribution in [0.3, 0.4) is 0 Å². The Morgan fingerprint density at radius 3 is 2.68 bits per heavy atom. The summed E-state index contributed by atoms with van der Waals surface area (Å²) in [4.78, 5) is 51.6. The van der Waals surface area contributed by atoms with Crippen LogP contribution < -0.4 is 10.1 Å². The van der Waals surface area contributed by atoms with Gasteiger partial charge in [-0.2, -0.15) is 0 Å². The van der Waals surface area contributed by atoms with E-state index in [1.54, 1.807) is 18.2 Å². The zero-order chi connectivity index (χ0) is 19.7. The molecule has 3 heterocycles. The Morgan fingerprint density at radius 2 is 1.89 bits per heavy atom. The van der Waals surface area contributed by atoms with Crippen LogP contribution in [-0.2, 0) is 14.4 Å². The molecule has 8 nitrogen and oxygen atoms in total. The van der Waals surface area contributed by atoms with E-state index < -0.39 is 5.91 Å². The highest BCUT2D eigenvalue weighted by atomic mass is 16.5. The largest absolute Gasteiger partial charge is 0.493 e. The van der Waals surface area contributed by atoms with Crippen molar-refractivity contribution in [2.45, 2.75) is 44.6 Å². The fourth-order valence-electron chi connectivity index (χ4n) is 4.07. The molecular weight excluding hydrogens is 362 g/mol. The highest BCUT2D eigenvalue weighted by molar-refractivity contribution is 6.06. The second-order valence-corrected chi connectivity index (χ2v) is 7.42. The third-order valence-corrected chi connectivity index (χ3v) is 5.55. The quantitative estimate of drug-likeness (QED) is 0.797. The molecule has 3 aliphatic rings. The standard InChI is InChI=1S/C20H23N3O5/c24-17(12-23-18(25)6-7-19(23)26)21-13-4-5-16-15(11-13)20(27)22-9-2-1-3-14(22)8-10-28-16/h4-5,11,14H,1-3,6-10,12H2,(H,21,24)/t14-/m1/s1. The van der Waals surface area contributed by atoms with Gasteiger partial charge in [0.2, 0.25) is 17.7 Å². The first-order valence-corrected chi connectivity index (χ1v) is 9.74. The lowest BCUT2D eigenvalue weighted by Gasteiger charge is -2.37. The smallest absolute Gasteiger partial charge is 0.257 e. The number of carbonyl (C=O) groups excluding carboxylic acids is 4. The van der Waals surface area contributed by atoms with Gasteiger partial charge in [-0.3, -0.25) is 24.1 Å². The van der Waals surface area contributed by atoms with Crippen molar-refractivity contribution in [1.29, 1.82) is 0 Å². The Hall–Kier alpha value is -2.90. The molecule has 2 fully saturated rings. The highest BCUT2D eigenvalue weighted by Gasteiger charge is 2.32. The van der Waals surface area contributed by atoms with E-state index in [1.807, 2.05) is 4.90 Å². The molecule has 0 saturated carbocycles. The number of piperidine rings is 1. The van der Waals surface area contributed by atoms with Crippen LogP contribution in [0.4, 0.5) is 5.69 Å². The van der Waals surface area contributed by atoms with E-state index in [2.05, 4.69) is 5.32 Å². The predicted molar refractivity (Wildman–Crippen MR) is 99.8 cm³/mol. The summed E-state index contributed by atoms with van der Waals surface area (Å²) in [5.41, 5.74) is 0.867. The number of rotatable bonds is 3. The molecule has 3 aliphatic heterocycles. The van der Waals surface area contributed by atoms with Gasteiger partial charge in [-0.05, 0) is 37.5 Å².